The first-order valence-corrected chi connectivity index (χ1v) is 4.55. The fourth-order valence-corrected chi connectivity index (χ4v) is 1.85. The molecule has 1 rings (SSSR count). The number of aliphatic hydroxyl groups is 1. The molecule has 0 aromatic rings. The van der Waals surface area contributed by atoms with Crippen molar-refractivity contribution in [1.82, 2.24) is 0 Å². The lowest BCUT2D eigenvalue weighted by molar-refractivity contribution is 0.115. The molecular formula is C10H18O. The van der Waals surface area contributed by atoms with Gasteiger partial charge < -0.3 is 5.11 Å². The van der Waals surface area contributed by atoms with Gasteiger partial charge in [-0.3, -0.25) is 0 Å². The summed E-state index contributed by atoms with van der Waals surface area (Å²) in [6.45, 7) is 5.70. The highest BCUT2D eigenvalue weighted by Crippen LogP contribution is 2.28. The molecule has 0 heterocycles. The third kappa shape index (κ3) is 2.33. The van der Waals surface area contributed by atoms with E-state index >= 15 is 0 Å². The molecule has 0 aliphatic heterocycles. The fraction of sp³-hybridized carbons (Fsp3) is 0.800. The Morgan fingerprint density at radius 2 is 1.91 bits per heavy atom. The molecule has 11 heavy (non-hydrogen) atoms. The van der Waals surface area contributed by atoms with Crippen molar-refractivity contribution in [2.75, 3.05) is 0 Å². The van der Waals surface area contributed by atoms with Gasteiger partial charge in [-0.2, -0.15) is 0 Å². The van der Waals surface area contributed by atoms with Gasteiger partial charge >= 0.3 is 0 Å². The lowest BCUT2D eigenvalue weighted by Gasteiger charge is -2.26. The molecule has 1 aliphatic carbocycles. The number of hydrogen-bond donors (Lipinski definition) is 1. The first-order valence-electron chi connectivity index (χ1n) is 4.55. The van der Waals surface area contributed by atoms with Crippen LogP contribution in [0.5, 0.6) is 0 Å². The van der Waals surface area contributed by atoms with Crippen molar-refractivity contribution >= 4 is 0 Å². The summed E-state index contributed by atoms with van der Waals surface area (Å²) in [5, 5.41) is 9.65. The van der Waals surface area contributed by atoms with Crippen molar-refractivity contribution in [2.45, 2.75) is 45.1 Å². The van der Waals surface area contributed by atoms with Crippen LogP contribution in [-0.2, 0) is 0 Å². The van der Waals surface area contributed by atoms with Crippen LogP contribution in [0, 0.1) is 5.92 Å². The van der Waals surface area contributed by atoms with E-state index in [2.05, 4.69) is 6.58 Å². The van der Waals surface area contributed by atoms with E-state index in [1.165, 1.54) is 32.1 Å². The van der Waals surface area contributed by atoms with E-state index in [0.717, 1.165) is 5.57 Å². The highest BCUT2D eigenvalue weighted by Gasteiger charge is 2.21. The second-order valence-corrected chi connectivity index (χ2v) is 3.69. The van der Waals surface area contributed by atoms with Crippen LogP contribution in [0.3, 0.4) is 0 Å². The minimum Gasteiger partial charge on any atom is -0.388 e. The van der Waals surface area contributed by atoms with Crippen LogP contribution in [0.25, 0.3) is 0 Å². The van der Waals surface area contributed by atoms with Gasteiger partial charge in [0, 0.05) is 0 Å². The molecule has 0 saturated heterocycles. The topological polar surface area (TPSA) is 20.2 Å². The fourth-order valence-electron chi connectivity index (χ4n) is 1.85. The molecule has 0 aromatic carbocycles. The zero-order valence-electron chi connectivity index (χ0n) is 7.34. The van der Waals surface area contributed by atoms with Gasteiger partial charge in [-0.05, 0) is 25.7 Å². The lowest BCUT2D eigenvalue weighted by atomic mass is 9.83. The van der Waals surface area contributed by atoms with E-state index in [9.17, 15) is 5.11 Å². The number of hydrogen-bond acceptors (Lipinski definition) is 1. The van der Waals surface area contributed by atoms with Crippen molar-refractivity contribution in [2.24, 2.45) is 5.92 Å². The van der Waals surface area contributed by atoms with Crippen molar-refractivity contribution in [3.05, 3.63) is 12.2 Å². The Labute approximate surface area is 69.1 Å². The molecule has 1 aliphatic rings. The first kappa shape index (κ1) is 8.79. The summed E-state index contributed by atoms with van der Waals surface area (Å²) >= 11 is 0. The molecule has 1 nitrogen and oxygen atoms in total. The molecule has 64 valence electrons. The Bertz CT molecular complexity index is 134. The van der Waals surface area contributed by atoms with Crippen molar-refractivity contribution < 1.29 is 5.11 Å². The van der Waals surface area contributed by atoms with Gasteiger partial charge in [-0.25, -0.2) is 0 Å². The highest BCUT2D eigenvalue weighted by molar-refractivity contribution is 5.00. The number of rotatable bonds is 2. The van der Waals surface area contributed by atoms with Gasteiger partial charge in [-0.15, -0.1) is 0 Å². The summed E-state index contributed by atoms with van der Waals surface area (Å²) in [6.07, 6.45) is 6.06. The summed E-state index contributed by atoms with van der Waals surface area (Å²) in [5.41, 5.74) is 0.928. The van der Waals surface area contributed by atoms with Crippen LogP contribution in [0.2, 0.25) is 0 Å². The quantitative estimate of drug-likeness (QED) is 0.606. The van der Waals surface area contributed by atoms with Gasteiger partial charge in [0.25, 0.3) is 0 Å². The summed E-state index contributed by atoms with van der Waals surface area (Å²) in [4.78, 5) is 0. The Balaban J connectivity index is 2.38. The monoisotopic (exact) mass is 154 g/mol. The molecule has 0 spiro atoms. The standard InChI is InChI=1S/C10H18O/c1-8(2)10(11)9-6-4-3-5-7-9/h9-11H,1,3-7H2,2H3/t10-/m1/s1. The predicted molar refractivity (Wildman–Crippen MR) is 47.4 cm³/mol. The van der Waals surface area contributed by atoms with E-state index in [1.54, 1.807) is 0 Å². The average molecular weight is 154 g/mol. The second-order valence-electron chi connectivity index (χ2n) is 3.69. The van der Waals surface area contributed by atoms with Crippen LogP contribution in [0.1, 0.15) is 39.0 Å². The van der Waals surface area contributed by atoms with E-state index in [4.69, 9.17) is 0 Å². The largest absolute Gasteiger partial charge is 0.388 e. The molecule has 1 N–H and O–H groups in total. The zero-order chi connectivity index (χ0) is 8.27. The third-order valence-corrected chi connectivity index (χ3v) is 2.60. The van der Waals surface area contributed by atoms with E-state index < -0.39 is 0 Å². The molecule has 0 aromatic heterocycles. The smallest absolute Gasteiger partial charge is 0.0772 e. The van der Waals surface area contributed by atoms with Crippen molar-refractivity contribution in [3.63, 3.8) is 0 Å². The maximum atomic E-state index is 9.65. The third-order valence-electron chi connectivity index (χ3n) is 2.60. The summed E-state index contributed by atoms with van der Waals surface area (Å²) in [6, 6.07) is 0. The summed E-state index contributed by atoms with van der Waals surface area (Å²) in [5.74, 6) is 0.501. The van der Waals surface area contributed by atoms with Crippen molar-refractivity contribution in [1.29, 1.82) is 0 Å². The molecule has 0 radical (unpaired) electrons. The molecule has 1 heteroatoms. The van der Waals surface area contributed by atoms with Gasteiger partial charge in [-0.1, -0.05) is 31.4 Å². The molecule has 1 atom stereocenters. The summed E-state index contributed by atoms with van der Waals surface area (Å²) < 4.78 is 0. The normalized spacial score (nSPS) is 23.1. The molecular weight excluding hydrogens is 136 g/mol. The lowest BCUT2D eigenvalue weighted by Crippen LogP contribution is -2.23. The Hall–Kier alpha value is -0.300. The first-order chi connectivity index (χ1) is 5.22. The van der Waals surface area contributed by atoms with Crippen LogP contribution < -0.4 is 0 Å². The maximum Gasteiger partial charge on any atom is 0.0772 e. The van der Waals surface area contributed by atoms with Gasteiger partial charge in [0.15, 0.2) is 0 Å². The van der Waals surface area contributed by atoms with E-state index in [-0.39, 0.29) is 6.10 Å². The van der Waals surface area contributed by atoms with Gasteiger partial charge in [0.05, 0.1) is 6.10 Å². The SMILES string of the molecule is C=C(C)[C@@H](O)C1CCCCC1. The molecule has 0 amide bonds. The Kier molecular flexibility index (Phi) is 3.13. The molecule has 0 bridgehead atoms. The minimum atomic E-state index is -0.240. The van der Waals surface area contributed by atoms with Crippen LogP contribution in [0.4, 0.5) is 0 Å². The predicted octanol–water partition coefficient (Wildman–Crippen LogP) is 2.50. The van der Waals surface area contributed by atoms with Crippen LogP contribution in [0.15, 0.2) is 12.2 Å². The molecule has 1 fully saturated rings. The maximum absolute atomic E-state index is 9.65. The van der Waals surface area contributed by atoms with Crippen LogP contribution >= 0.6 is 0 Å². The zero-order valence-corrected chi connectivity index (χ0v) is 7.34. The summed E-state index contributed by atoms with van der Waals surface area (Å²) in [7, 11) is 0. The van der Waals surface area contributed by atoms with Gasteiger partial charge in [0.1, 0.15) is 0 Å². The Morgan fingerprint density at radius 3 is 2.36 bits per heavy atom. The van der Waals surface area contributed by atoms with Crippen LogP contribution in [-0.4, -0.2) is 11.2 Å². The number of aliphatic hydroxyl groups excluding tert-OH is 1. The molecule has 1 saturated carbocycles. The van der Waals surface area contributed by atoms with Crippen molar-refractivity contribution in [3.8, 4) is 0 Å². The average Bonchev–Trinajstić information content (AvgIpc) is 2.05. The van der Waals surface area contributed by atoms with E-state index in [0.29, 0.717) is 5.92 Å². The second kappa shape index (κ2) is 3.91. The minimum absolute atomic E-state index is 0.240. The van der Waals surface area contributed by atoms with Gasteiger partial charge in [0.2, 0.25) is 0 Å². The Morgan fingerprint density at radius 1 is 1.36 bits per heavy atom. The highest BCUT2D eigenvalue weighted by atomic mass is 16.3. The van der Waals surface area contributed by atoms with E-state index in [1.807, 2.05) is 6.92 Å². The molecule has 0 unspecified atom stereocenters.